The number of nitrogens with zero attached hydrogens (tertiary/aromatic N) is 4. The van der Waals surface area contributed by atoms with Gasteiger partial charge < -0.3 is 9.80 Å². The first-order chi connectivity index (χ1) is 9.90. The number of rotatable bonds is 3. The molecule has 0 N–H and O–H groups in total. The normalized spacial score (nSPS) is 19.3. The van der Waals surface area contributed by atoms with Crippen LogP contribution in [0.25, 0.3) is 0 Å². The van der Waals surface area contributed by atoms with Gasteiger partial charge in [-0.1, -0.05) is 11.6 Å². The fourth-order valence-corrected chi connectivity index (χ4v) is 2.68. The number of hydrogen-bond acceptors (Lipinski definition) is 5. The van der Waals surface area contributed by atoms with Crippen LogP contribution in [0.3, 0.4) is 0 Å². The zero-order chi connectivity index (χ0) is 15.6. The standard InChI is InChI=1S/C13H17ClN4O3/c1-16-5-3-4-9(8-16)17(2)13(19)11-6-10(18(20)21)7-15-12(11)14/h6-7,9H,3-5,8H2,1-2H3. The Kier molecular flexibility index (Phi) is 4.74. The number of aromatic nitrogens is 1. The Balaban J connectivity index is 2.22. The van der Waals surface area contributed by atoms with E-state index in [0.29, 0.717) is 0 Å². The van der Waals surface area contributed by atoms with E-state index in [1.807, 2.05) is 7.05 Å². The number of carbonyl (C=O) groups is 1. The number of carbonyl (C=O) groups excluding carboxylic acids is 1. The van der Waals surface area contributed by atoms with Crippen LogP contribution >= 0.6 is 11.6 Å². The fraction of sp³-hybridized carbons (Fsp3) is 0.538. The molecule has 1 atom stereocenters. The third-order valence-corrected chi connectivity index (χ3v) is 4.03. The summed E-state index contributed by atoms with van der Waals surface area (Å²) in [5.41, 5.74) is -0.168. The smallest absolute Gasteiger partial charge is 0.288 e. The molecule has 21 heavy (non-hydrogen) atoms. The van der Waals surface area contributed by atoms with Crippen molar-refractivity contribution in [3.8, 4) is 0 Å². The van der Waals surface area contributed by atoms with Crippen molar-refractivity contribution in [2.24, 2.45) is 0 Å². The van der Waals surface area contributed by atoms with Crippen LogP contribution in [0.4, 0.5) is 5.69 Å². The van der Waals surface area contributed by atoms with Gasteiger partial charge in [-0.2, -0.15) is 0 Å². The van der Waals surface area contributed by atoms with Gasteiger partial charge in [-0.05, 0) is 26.4 Å². The highest BCUT2D eigenvalue weighted by Crippen LogP contribution is 2.22. The van der Waals surface area contributed by atoms with Gasteiger partial charge in [0.2, 0.25) is 0 Å². The van der Waals surface area contributed by atoms with Gasteiger partial charge in [0, 0.05) is 25.7 Å². The Morgan fingerprint density at radius 3 is 2.95 bits per heavy atom. The average Bonchev–Trinajstić information content (AvgIpc) is 2.46. The van der Waals surface area contributed by atoms with Crippen molar-refractivity contribution in [2.75, 3.05) is 27.2 Å². The second-order valence-electron chi connectivity index (χ2n) is 5.26. The van der Waals surface area contributed by atoms with Gasteiger partial charge in [0.25, 0.3) is 11.6 Å². The van der Waals surface area contributed by atoms with E-state index in [9.17, 15) is 14.9 Å². The summed E-state index contributed by atoms with van der Waals surface area (Å²) in [7, 11) is 3.70. The summed E-state index contributed by atoms with van der Waals surface area (Å²) in [6.45, 7) is 1.79. The number of halogens is 1. The number of piperidine rings is 1. The highest BCUT2D eigenvalue weighted by atomic mass is 35.5. The Labute approximate surface area is 127 Å². The van der Waals surface area contributed by atoms with Crippen molar-refractivity contribution >= 4 is 23.2 Å². The lowest BCUT2D eigenvalue weighted by Gasteiger charge is -2.35. The molecule has 2 rings (SSSR count). The van der Waals surface area contributed by atoms with Crippen molar-refractivity contribution < 1.29 is 9.72 Å². The summed E-state index contributed by atoms with van der Waals surface area (Å²) in [5.74, 6) is -0.337. The molecule has 8 heteroatoms. The number of amides is 1. The van der Waals surface area contributed by atoms with Gasteiger partial charge in [-0.15, -0.1) is 0 Å². The summed E-state index contributed by atoms with van der Waals surface area (Å²) in [6.07, 6.45) is 2.97. The lowest BCUT2D eigenvalue weighted by atomic mass is 10.0. The number of likely N-dealkylation sites (tertiary alicyclic amines) is 1. The molecule has 7 nitrogen and oxygen atoms in total. The number of likely N-dealkylation sites (N-methyl/N-ethyl adjacent to an activating group) is 2. The first kappa shape index (κ1) is 15.7. The molecule has 1 saturated heterocycles. The Morgan fingerprint density at radius 2 is 2.33 bits per heavy atom. The van der Waals surface area contributed by atoms with Crippen LogP contribution in [0.5, 0.6) is 0 Å². The van der Waals surface area contributed by atoms with Crippen molar-refractivity contribution in [3.05, 3.63) is 33.1 Å². The summed E-state index contributed by atoms with van der Waals surface area (Å²) < 4.78 is 0. The molecule has 1 unspecified atom stereocenters. The predicted octanol–water partition coefficient (Wildman–Crippen LogP) is 1.81. The van der Waals surface area contributed by atoms with Crippen LogP contribution in [-0.2, 0) is 0 Å². The first-order valence-corrected chi connectivity index (χ1v) is 7.03. The van der Waals surface area contributed by atoms with Crippen molar-refractivity contribution in [1.82, 2.24) is 14.8 Å². The summed E-state index contributed by atoms with van der Waals surface area (Å²) in [6, 6.07) is 1.26. The van der Waals surface area contributed by atoms with Gasteiger partial charge in [0.15, 0.2) is 0 Å². The molecular weight excluding hydrogens is 296 g/mol. The SMILES string of the molecule is CN1CCCC(N(C)C(=O)c2cc([N+](=O)[O-])cnc2Cl)C1. The van der Waals surface area contributed by atoms with E-state index in [1.165, 1.54) is 6.07 Å². The lowest BCUT2D eigenvalue weighted by Crippen LogP contribution is -2.47. The van der Waals surface area contributed by atoms with Gasteiger partial charge in [0.1, 0.15) is 11.3 Å². The molecule has 0 aliphatic carbocycles. The van der Waals surface area contributed by atoms with Crippen molar-refractivity contribution in [2.45, 2.75) is 18.9 Å². The zero-order valence-electron chi connectivity index (χ0n) is 12.0. The molecule has 0 saturated carbocycles. The summed E-state index contributed by atoms with van der Waals surface area (Å²) in [4.78, 5) is 30.2. The van der Waals surface area contributed by atoms with Crippen molar-refractivity contribution in [1.29, 1.82) is 0 Å². The average molecular weight is 313 g/mol. The number of hydrogen-bond donors (Lipinski definition) is 0. The monoisotopic (exact) mass is 312 g/mol. The third-order valence-electron chi connectivity index (χ3n) is 3.73. The second kappa shape index (κ2) is 6.36. The second-order valence-corrected chi connectivity index (χ2v) is 5.62. The Bertz CT molecular complexity index is 566. The minimum atomic E-state index is -0.589. The summed E-state index contributed by atoms with van der Waals surface area (Å²) >= 11 is 5.92. The number of pyridine rings is 1. The molecule has 0 radical (unpaired) electrons. The lowest BCUT2D eigenvalue weighted by molar-refractivity contribution is -0.385. The number of nitro groups is 1. The van der Waals surface area contributed by atoms with E-state index >= 15 is 0 Å². The Hall–Kier alpha value is -1.73. The van der Waals surface area contributed by atoms with Gasteiger partial charge in [-0.25, -0.2) is 4.98 Å². The van der Waals surface area contributed by atoms with Crippen LogP contribution in [0.15, 0.2) is 12.3 Å². The molecule has 1 aromatic rings. The van der Waals surface area contributed by atoms with E-state index in [0.717, 1.165) is 32.1 Å². The molecule has 0 bridgehead atoms. The predicted molar refractivity (Wildman–Crippen MR) is 78.5 cm³/mol. The van der Waals surface area contributed by atoms with Crippen LogP contribution in [-0.4, -0.2) is 58.8 Å². The maximum atomic E-state index is 12.5. The maximum Gasteiger partial charge on any atom is 0.288 e. The van der Waals surface area contributed by atoms with Crippen molar-refractivity contribution in [3.63, 3.8) is 0 Å². The fourth-order valence-electron chi connectivity index (χ4n) is 2.50. The van der Waals surface area contributed by atoms with Gasteiger partial charge in [0.05, 0.1) is 10.5 Å². The van der Waals surface area contributed by atoms with Crippen LogP contribution in [0.1, 0.15) is 23.2 Å². The first-order valence-electron chi connectivity index (χ1n) is 6.65. The third kappa shape index (κ3) is 3.48. The van der Waals surface area contributed by atoms with Crippen LogP contribution < -0.4 is 0 Å². The highest BCUT2D eigenvalue weighted by Gasteiger charge is 2.27. The zero-order valence-corrected chi connectivity index (χ0v) is 12.7. The molecule has 0 aromatic carbocycles. The van der Waals surface area contributed by atoms with Crippen LogP contribution in [0.2, 0.25) is 5.15 Å². The molecule has 1 amide bonds. The maximum absolute atomic E-state index is 12.5. The minimum Gasteiger partial charge on any atom is -0.337 e. The summed E-state index contributed by atoms with van der Waals surface area (Å²) in [5, 5.41) is 10.8. The molecular formula is C13H17ClN4O3. The molecule has 1 aromatic heterocycles. The van der Waals surface area contributed by atoms with Gasteiger partial charge in [-0.3, -0.25) is 14.9 Å². The largest absolute Gasteiger partial charge is 0.337 e. The highest BCUT2D eigenvalue weighted by molar-refractivity contribution is 6.32. The van der Waals surface area contributed by atoms with E-state index in [-0.39, 0.29) is 28.4 Å². The van der Waals surface area contributed by atoms with E-state index in [2.05, 4.69) is 9.88 Å². The molecule has 114 valence electrons. The molecule has 1 fully saturated rings. The molecule has 1 aliphatic rings. The molecule has 1 aliphatic heterocycles. The van der Waals surface area contributed by atoms with E-state index in [1.54, 1.807) is 11.9 Å². The molecule has 0 spiro atoms. The van der Waals surface area contributed by atoms with E-state index < -0.39 is 4.92 Å². The quantitative estimate of drug-likeness (QED) is 0.483. The van der Waals surface area contributed by atoms with E-state index in [4.69, 9.17) is 11.6 Å². The minimum absolute atomic E-state index is 0.0124. The topological polar surface area (TPSA) is 79.6 Å². The molecule has 2 heterocycles. The Morgan fingerprint density at radius 1 is 1.62 bits per heavy atom. The van der Waals surface area contributed by atoms with Gasteiger partial charge >= 0.3 is 0 Å². The van der Waals surface area contributed by atoms with Crippen LogP contribution in [0, 0.1) is 10.1 Å².